The quantitative estimate of drug-likeness (QED) is 0.686. The fourth-order valence-electron chi connectivity index (χ4n) is 1.72. The molecule has 0 aliphatic carbocycles. The van der Waals surface area contributed by atoms with E-state index in [0.717, 1.165) is 24.5 Å². The third-order valence-corrected chi connectivity index (χ3v) is 6.16. The van der Waals surface area contributed by atoms with Gasteiger partial charge in [-0.15, -0.1) is 0 Å². The molecule has 0 spiro atoms. The molecule has 0 bridgehead atoms. The van der Waals surface area contributed by atoms with Crippen molar-refractivity contribution in [2.45, 2.75) is 33.1 Å². The molecular formula is C12H23BrOS. The van der Waals surface area contributed by atoms with Crippen LogP contribution in [0.4, 0.5) is 0 Å². The van der Waals surface area contributed by atoms with Gasteiger partial charge in [0.25, 0.3) is 0 Å². The number of ether oxygens (including phenoxy) is 1. The van der Waals surface area contributed by atoms with E-state index in [2.05, 4.69) is 41.5 Å². The highest BCUT2D eigenvalue weighted by Crippen LogP contribution is 2.36. The molecule has 1 aliphatic heterocycles. The SMILES string of the molecule is CCC(C)CSCC1(CBr)CCOCC1. The van der Waals surface area contributed by atoms with Gasteiger partial charge >= 0.3 is 0 Å². The summed E-state index contributed by atoms with van der Waals surface area (Å²) in [4.78, 5) is 0. The van der Waals surface area contributed by atoms with E-state index < -0.39 is 0 Å². The lowest BCUT2D eigenvalue weighted by Gasteiger charge is -2.35. The van der Waals surface area contributed by atoms with E-state index in [0.29, 0.717) is 5.41 Å². The van der Waals surface area contributed by atoms with Gasteiger partial charge in [0.05, 0.1) is 0 Å². The van der Waals surface area contributed by atoms with Crippen molar-refractivity contribution in [1.29, 1.82) is 0 Å². The van der Waals surface area contributed by atoms with Crippen LogP contribution < -0.4 is 0 Å². The number of hydrogen-bond donors (Lipinski definition) is 0. The zero-order chi connectivity index (χ0) is 11.1. The minimum atomic E-state index is 0.510. The Labute approximate surface area is 107 Å². The van der Waals surface area contributed by atoms with Crippen LogP contribution in [0.2, 0.25) is 0 Å². The molecule has 1 unspecified atom stereocenters. The van der Waals surface area contributed by atoms with Crippen LogP contribution in [0.25, 0.3) is 0 Å². The largest absolute Gasteiger partial charge is 0.381 e. The maximum absolute atomic E-state index is 5.45. The molecule has 15 heavy (non-hydrogen) atoms. The Morgan fingerprint density at radius 2 is 2.07 bits per heavy atom. The summed E-state index contributed by atoms with van der Waals surface area (Å²) in [6, 6.07) is 0. The molecule has 1 rings (SSSR count). The number of thioether (sulfide) groups is 1. The number of halogens is 1. The second-order valence-corrected chi connectivity index (χ2v) is 6.37. The lowest BCUT2D eigenvalue weighted by molar-refractivity contribution is 0.0374. The molecule has 1 fully saturated rings. The maximum atomic E-state index is 5.45. The van der Waals surface area contributed by atoms with E-state index >= 15 is 0 Å². The van der Waals surface area contributed by atoms with E-state index in [1.54, 1.807) is 0 Å². The van der Waals surface area contributed by atoms with Crippen molar-refractivity contribution >= 4 is 27.7 Å². The average Bonchev–Trinajstić information content (AvgIpc) is 2.30. The fourth-order valence-corrected chi connectivity index (χ4v) is 4.32. The van der Waals surface area contributed by atoms with Crippen LogP contribution in [-0.4, -0.2) is 30.0 Å². The first-order valence-electron chi connectivity index (χ1n) is 5.94. The average molecular weight is 295 g/mol. The molecule has 0 saturated carbocycles. The Kier molecular flexibility index (Phi) is 6.63. The van der Waals surface area contributed by atoms with Crippen molar-refractivity contribution in [1.82, 2.24) is 0 Å². The van der Waals surface area contributed by atoms with Crippen molar-refractivity contribution in [2.75, 3.05) is 30.0 Å². The van der Waals surface area contributed by atoms with Gasteiger partial charge in [-0.3, -0.25) is 0 Å². The Bertz CT molecular complexity index is 169. The highest BCUT2D eigenvalue weighted by molar-refractivity contribution is 9.09. The van der Waals surface area contributed by atoms with Gasteiger partial charge < -0.3 is 4.74 Å². The van der Waals surface area contributed by atoms with Gasteiger partial charge in [-0.25, -0.2) is 0 Å². The summed E-state index contributed by atoms with van der Waals surface area (Å²) in [7, 11) is 0. The number of rotatable bonds is 6. The van der Waals surface area contributed by atoms with Crippen molar-refractivity contribution in [3.05, 3.63) is 0 Å². The van der Waals surface area contributed by atoms with Crippen molar-refractivity contribution in [3.63, 3.8) is 0 Å². The summed E-state index contributed by atoms with van der Waals surface area (Å²) in [5, 5.41) is 1.14. The Hall–Kier alpha value is 0.790. The van der Waals surface area contributed by atoms with Gasteiger partial charge in [0, 0.05) is 18.5 Å². The molecule has 0 aromatic carbocycles. The maximum Gasteiger partial charge on any atom is 0.0471 e. The monoisotopic (exact) mass is 294 g/mol. The molecule has 1 saturated heterocycles. The summed E-state index contributed by atoms with van der Waals surface area (Å²) >= 11 is 5.81. The normalized spacial score (nSPS) is 22.6. The Morgan fingerprint density at radius 1 is 1.40 bits per heavy atom. The highest BCUT2D eigenvalue weighted by Gasteiger charge is 2.31. The van der Waals surface area contributed by atoms with E-state index in [4.69, 9.17) is 4.74 Å². The molecule has 1 atom stereocenters. The molecule has 0 N–H and O–H groups in total. The molecule has 0 aromatic rings. The first-order valence-corrected chi connectivity index (χ1v) is 8.21. The third-order valence-electron chi connectivity index (χ3n) is 3.34. The van der Waals surface area contributed by atoms with Gasteiger partial charge in [-0.05, 0) is 35.7 Å². The van der Waals surface area contributed by atoms with Crippen molar-refractivity contribution < 1.29 is 4.74 Å². The van der Waals surface area contributed by atoms with E-state index in [1.807, 2.05) is 0 Å². The molecule has 1 aliphatic rings. The lowest BCUT2D eigenvalue weighted by Crippen LogP contribution is -2.33. The van der Waals surface area contributed by atoms with Crippen molar-refractivity contribution in [3.8, 4) is 0 Å². The van der Waals surface area contributed by atoms with Crippen LogP contribution in [0, 0.1) is 11.3 Å². The first kappa shape index (κ1) is 13.9. The Morgan fingerprint density at radius 3 is 2.60 bits per heavy atom. The Balaban J connectivity index is 2.26. The zero-order valence-electron chi connectivity index (χ0n) is 9.93. The second kappa shape index (κ2) is 7.18. The summed E-state index contributed by atoms with van der Waals surface area (Å²) < 4.78 is 5.45. The molecular weight excluding hydrogens is 272 g/mol. The van der Waals surface area contributed by atoms with Gasteiger partial charge in [0.1, 0.15) is 0 Å². The van der Waals surface area contributed by atoms with Gasteiger partial charge in [0.2, 0.25) is 0 Å². The van der Waals surface area contributed by atoms with E-state index in [1.165, 1.54) is 30.8 Å². The summed E-state index contributed by atoms with van der Waals surface area (Å²) in [6.45, 7) is 6.53. The van der Waals surface area contributed by atoms with E-state index in [9.17, 15) is 0 Å². The van der Waals surface area contributed by atoms with Crippen molar-refractivity contribution in [2.24, 2.45) is 11.3 Å². The van der Waals surface area contributed by atoms with Gasteiger partial charge in [-0.2, -0.15) is 11.8 Å². The predicted molar refractivity (Wildman–Crippen MR) is 73.1 cm³/mol. The van der Waals surface area contributed by atoms with Crippen LogP contribution in [-0.2, 0) is 4.74 Å². The first-order chi connectivity index (χ1) is 7.22. The molecule has 0 amide bonds. The summed E-state index contributed by atoms with van der Waals surface area (Å²) in [6.07, 6.45) is 3.76. The second-order valence-electron chi connectivity index (χ2n) is 4.77. The minimum Gasteiger partial charge on any atom is -0.381 e. The number of alkyl halides is 1. The fraction of sp³-hybridized carbons (Fsp3) is 1.00. The molecule has 3 heteroatoms. The van der Waals surface area contributed by atoms with E-state index in [-0.39, 0.29) is 0 Å². The third kappa shape index (κ3) is 4.66. The standard InChI is InChI=1S/C12H23BrOS/c1-3-11(2)8-15-10-12(9-13)4-6-14-7-5-12/h11H,3-10H2,1-2H3. The van der Waals surface area contributed by atoms with Crippen LogP contribution >= 0.6 is 27.7 Å². The predicted octanol–water partition coefficient (Wildman–Crippen LogP) is 3.96. The van der Waals surface area contributed by atoms with Gasteiger partial charge in [0.15, 0.2) is 0 Å². The molecule has 0 aromatic heterocycles. The topological polar surface area (TPSA) is 9.23 Å². The highest BCUT2D eigenvalue weighted by atomic mass is 79.9. The number of hydrogen-bond acceptors (Lipinski definition) is 2. The summed E-state index contributed by atoms with van der Waals surface area (Å²) in [5.41, 5.74) is 0.510. The van der Waals surface area contributed by atoms with Crippen LogP contribution in [0.15, 0.2) is 0 Å². The molecule has 90 valence electrons. The summed E-state index contributed by atoms with van der Waals surface area (Å²) in [5.74, 6) is 3.47. The molecule has 1 nitrogen and oxygen atoms in total. The lowest BCUT2D eigenvalue weighted by atomic mass is 9.85. The van der Waals surface area contributed by atoms with Crippen LogP contribution in [0.5, 0.6) is 0 Å². The minimum absolute atomic E-state index is 0.510. The zero-order valence-corrected chi connectivity index (χ0v) is 12.3. The smallest absolute Gasteiger partial charge is 0.0471 e. The van der Waals surface area contributed by atoms with Gasteiger partial charge in [-0.1, -0.05) is 36.2 Å². The molecule has 1 heterocycles. The van der Waals surface area contributed by atoms with Crippen LogP contribution in [0.1, 0.15) is 33.1 Å². The van der Waals surface area contributed by atoms with Crippen LogP contribution in [0.3, 0.4) is 0 Å². The molecule has 0 radical (unpaired) electrons.